The summed E-state index contributed by atoms with van der Waals surface area (Å²) < 4.78 is 2.41. The molecule has 0 fully saturated rings. The average molecular weight is 595 g/mol. The van der Waals surface area contributed by atoms with Crippen molar-refractivity contribution in [1.29, 1.82) is 0 Å². The second-order valence-electron chi connectivity index (χ2n) is 13.0. The number of rotatable bonds is 4. The van der Waals surface area contributed by atoms with Crippen LogP contribution in [0.15, 0.2) is 150 Å². The number of hydrogen-bond donors (Lipinski definition) is 1. The van der Waals surface area contributed by atoms with Crippen LogP contribution in [0.5, 0.6) is 0 Å². The lowest BCUT2D eigenvalue weighted by Crippen LogP contribution is -2.39. The van der Waals surface area contributed by atoms with Crippen LogP contribution in [0.4, 0.5) is 0 Å². The normalized spacial score (nSPS) is 19.4. The first-order valence-corrected chi connectivity index (χ1v) is 16.2. The van der Waals surface area contributed by atoms with Gasteiger partial charge in [-0.1, -0.05) is 123 Å². The molecule has 1 aliphatic heterocycles. The van der Waals surface area contributed by atoms with E-state index in [1.807, 2.05) is 6.07 Å². The Morgan fingerprint density at radius 1 is 0.696 bits per heavy atom. The maximum Gasteiger partial charge on any atom is 0.169 e. The van der Waals surface area contributed by atoms with Gasteiger partial charge in [-0.05, 0) is 64.6 Å². The Balaban J connectivity index is 1.16. The van der Waals surface area contributed by atoms with Crippen LogP contribution in [-0.2, 0) is 5.41 Å². The molecule has 4 nitrogen and oxygen atoms in total. The number of nitrogens with one attached hydrogen (secondary N) is 1. The molecule has 2 unspecified atom stereocenters. The molecular formula is C42H34N4. The highest BCUT2D eigenvalue weighted by Crippen LogP contribution is 2.51. The Morgan fingerprint density at radius 3 is 2.30 bits per heavy atom. The first kappa shape index (κ1) is 26.9. The first-order valence-electron chi connectivity index (χ1n) is 16.2. The summed E-state index contributed by atoms with van der Waals surface area (Å²) in [5, 5.41) is 6.12. The summed E-state index contributed by atoms with van der Waals surface area (Å²) in [4.78, 5) is 10.2. The largest absolute Gasteiger partial charge is 0.328 e. The number of para-hydroxylation sites is 1. The molecule has 0 radical (unpaired) electrons. The van der Waals surface area contributed by atoms with E-state index < -0.39 is 0 Å². The van der Waals surface area contributed by atoms with Crippen molar-refractivity contribution in [3.63, 3.8) is 0 Å². The molecule has 3 aliphatic rings. The minimum absolute atomic E-state index is 0.0397. The van der Waals surface area contributed by atoms with Gasteiger partial charge in [0.15, 0.2) is 6.17 Å². The van der Waals surface area contributed by atoms with Crippen molar-refractivity contribution in [3.05, 3.63) is 162 Å². The predicted molar refractivity (Wildman–Crippen MR) is 191 cm³/mol. The average Bonchev–Trinajstić information content (AvgIpc) is 3.56. The van der Waals surface area contributed by atoms with Gasteiger partial charge >= 0.3 is 0 Å². The van der Waals surface area contributed by atoms with Gasteiger partial charge in [0.05, 0.1) is 11.0 Å². The van der Waals surface area contributed by atoms with E-state index >= 15 is 0 Å². The third-order valence-electron chi connectivity index (χ3n) is 9.96. The summed E-state index contributed by atoms with van der Waals surface area (Å²) in [6.45, 7) is 4.70. The van der Waals surface area contributed by atoms with Crippen LogP contribution in [0.25, 0.3) is 38.6 Å². The van der Waals surface area contributed by atoms with E-state index in [1.54, 1.807) is 0 Å². The minimum atomic E-state index is -0.319. The van der Waals surface area contributed by atoms with Crippen molar-refractivity contribution in [1.82, 2.24) is 9.88 Å². The van der Waals surface area contributed by atoms with E-state index in [-0.39, 0.29) is 17.5 Å². The maximum absolute atomic E-state index is 5.14. The summed E-state index contributed by atoms with van der Waals surface area (Å²) in [5.74, 6) is 2.03. The molecule has 6 aromatic rings. The highest BCUT2D eigenvalue weighted by molar-refractivity contribution is 6.12. The summed E-state index contributed by atoms with van der Waals surface area (Å²) in [5.41, 5.74) is 11.1. The SMILES string of the molecule is CC1(C)c2ccccc2-c2cc3c(cc21)c1ccccc1n3-c1ccc(C2N=C(c3ccccc3)NC(C3C=CC=CC3)=N2)cc1. The zero-order chi connectivity index (χ0) is 30.8. The Morgan fingerprint density at radius 2 is 1.48 bits per heavy atom. The molecule has 4 heteroatoms. The van der Waals surface area contributed by atoms with E-state index in [1.165, 1.54) is 44.1 Å². The van der Waals surface area contributed by atoms with E-state index in [2.05, 4.69) is 157 Å². The molecule has 1 aromatic heterocycles. The predicted octanol–water partition coefficient (Wildman–Crippen LogP) is 9.67. The van der Waals surface area contributed by atoms with Gasteiger partial charge in [0.25, 0.3) is 0 Å². The number of nitrogens with zero attached hydrogens (tertiary/aromatic N) is 3. The van der Waals surface area contributed by atoms with Crippen molar-refractivity contribution in [2.24, 2.45) is 15.9 Å². The fraction of sp³-hybridized carbons (Fsp3) is 0.143. The zero-order valence-electron chi connectivity index (χ0n) is 26.0. The number of amidine groups is 2. The summed E-state index contributed by atoms with van der Waals surface area (Å²) in [6, 6.07) is 41.7. The van der Waals surface area contributed by atoms with Gasteiger partial charge in [-0.25, -0.2) is 9.98 Å². The molecule has 222 valence electrons. The van der Waals surface area contributed by atoms with Gasteiger partial charge in [-0.2, -0.15) is 0 Å². The van der Waals surface area contributed by atoms with Crippen molar-refractivity contribution in [2.75, 3.05) is 0 Å². The van der Waals surface area contributed by atoms with Gasteiger partial charge < -0.3 is 9.88 Å². The lowest BCUT2D eigenvalue weighted by molar-refractivity contribution is 0.661. The number of aromatic nitrogens is 1. The third kappa shape index (κ3) is 4.13. The summed E-state index contributed by atoms with van der Waals surface area (Å²) in [6.07, 6.45) is 9.24. The monoisotopic (exact) mass is 594 g/mol. The molecule has 5 aromatic carbocycles. The summed E-state index contributed by atoms with van der Waals surface area (Å²) in [7, 11) is 0. The molecule has 9 rings (SSSR count). The number of hydrogen-bond acceptors (Lipinski definition) is 3. The fourth-order valence-electron chi connectivity index (χ4n) is 7.57. The lowest BCUT2D eigenvalue weighted by Gasteiger charge is -2.26. The van der Waals surface area contributed by atoms with Crippen molar-refractivity contribution in [3.8, 4) is 16.8 Å². The van der Waals surface area contributed by atoms with Crippen LogP contribution in [-0.4, -0.2) is 16.2 Å². The Kier molecular flexibility index (Phi) is 6.01. The maximum atomic E-state index is 5.14. The molecule has 0 saturated carbocycles. The Bertz CT molecular complexity index is 2280. The Labute approximate surface area is 269 Å². The molecule has 0 saturated heterocycles. The van der Waals surface area contributed by atoms with Gasteiger partial charge in [-0.15, -0.1) is 0 Å². The van der Waals surface area contributed by atoms with E-state index in [0.717, 1.165) is 34.9 Å². The quantitative estimate of drug-likeness (QED) is 0.217. The van der Waals surface area contributed by atoms with Crippen LogP contribution < -0.4 is 5.32 Å². The van der Waals surface area contributed by atoms with Crippen LogP contribution in [0.1, 0.15) is 48.7 Å². The molecule has 1 N–H and O–H groups in total. The molecule has 46 heavy (non-hydrogen) atoms. The van der Waals surface area contributed by atoms with Gasteiger partial charge in [0.2, 0.25) is 0 Å². The van der Waals surface area contributed by atoms with E-state index in [4.69, 9.17) is 9.98 Å². The number of aliphatic imine (C=N–C) groups is 2. The molecular weight excluding hydrogens is 560 g/mol. The van der Waals surface area contributed by atoms with Crippen LogP contribution in [0.2, 0.25) is 0 Å². The smallest absolute Gasteiger partial charge is 0.169 e. The Hall–Kier alpha value is -5.48. The topological polar surface area (TPSA) is 41.7 Å². The second kappa shape index (κ2) is 10.3. The third-order valence-corrected chi connectivity index (χ3v) is 9.96. The number of allylic oxidation sites excluding steroid dienone is 3. The zero-order valence-corrected chi connectivity index (χ0v) is 26.0. The molecule has 2 aliphatic carbocycles. The van der Waals surface area contributed by atoms with Crippen molar-refractivity contribution < 1.29 is 0 Å². The van der Waals surface area contributed by atoms with Crippen LogP contribution >= 0.6 is 0 Å². The standard InChI is InChI=1S/C42H34N4/c1-42(2)35-19-11-9-17-31(35)33-26-38-34(25-36(33)42)32-18-10-12-20-37(32)46(38)30-23-21-29(22-24-30)41-44-39(27-13-5-3-6-14-27)43-40(45-41)28-15-7-4-8-16-28/h3-15,17-26,28,41H,16H2,1-2H3,(H,43,44,45). The fourth-order valence-corrected chi connectivity index (χ4v) is 7.57. The number of fused-ring (bicyclic) bond motifs is 6. The van der Waals surface area contributed by atoms with Crippen molar-refractivity contribution >= 4 is 33.5 Å². The van der Waals surface area contributed by atoms with Gasteiger partial charge in [-0.3, -0.25) is 0 Å². The number of benzene rings is 5. The van der Waals surface area contributed by atoms with E-state index in [9.17, 15) is 0 Å². The minimum Gasteiger partial charge on any atom is -0.328 e. The van der Waals surface area contributed by atoms with Gasteiger partial charge in [0, 0.05) is 33.4 Å². The molecule has 0 bridgehead atoms. The van der Waals surface area contributed by atoms with E-state index in [0.29, 0.717) is 0 Å². The van der Waals surface area contributed by atoms with Crippen LogP contribution in [0, 0.1) is 5.92 Å². The summed E-state index contributed by atoms with van der Waals surface area (Å²) >= 11 is 0. The second-order valence-corrected chi connectivity index (χ2v) is 13.0. The first-order chi connectivity index (χ1) is 22.6. The highest BCUT2D eigenvalue weighted by Gasteiger charge is 2.36. The van der Waals surface area contributed by atoms with Crippen molar-refractivity contribution in [2.45, 2.75) is 31.8 Å². The molecule has 2 heterocycles. The highest BCUT2D eigenvalue weighted by atomic mass is 15.2. The van der Waals surface area contributed by atoms with Gasteiger partial charge in [0.1, 0.15) is 11.7 Å². The molecule has 0 spiro atoms. The molecule has 2 atom stereocenters. The lowest BCUT2D eigenvalue weighted by atomic mass is 9.82. The van der Waals surface area contributed by atoms with Crippen LogP contribution in [0.3, 0.4) is 0 Å². The molecule has 0 amide bonds.